The molecule has 7 heteroatoms. The molecule has 28 heavy (non-hydrogen) atoms. The summed E-state index contributed by atoms with van der Waals surface area (Å²) in [5, 5.41) is 3.46. The number of aromatic amines is 1. The molecule has 1 aliphatic carbocycles. The molecule has 1 amide bonds. The minimum atomic E-state index is -0.0697. The highest BCUT2D eigenvalue weighted by molar-refractivity contribution is 7.15. The summed E-state index contributed by atoms with van der Waals surface area (Å²) in [6.45, 7) is 6.84. The summed E-state index contributed by atoms with van der Waals surface area (Å²) in [7, 11) is 0. The average molecular weight is 402 g/mol. The van der Waals surface area contributed by atoms with Crippen LogP contribution in [0.1, 0.15) is 73.2 Å². The molecular formula is C21H31N5OS. The number of carbonyl (C=O) groups is 1. The molecule has 2 aromatic heterocycles. The Bertz CT molecular complexity index is 829. The number of likely N-dealkylation sites (tertiary alicyclic amines) is 1. The van der Waals surface area contributed by atoms with E-state index in [0.29, 0.717) is 23.0 Å². The molecular weight excluding hydrogens is 370 g/mol. The number of nitrogens with one attached hydrogen (secondary N) is 2. The highest BCUT2D eigenvalue weighted by Gasteiger charge is 2.38. The maximum Gasteiger partial charge on any atom is 0.223 e. The van der Waals surface area contributed by atoms with Crippen molar-refractivity contribution in [1.82, 2.24) is 14.9 Å². The molecule has 1 saturated heterocycles. The van der Waals surface area contributed by atoms with E-state index in [4.69, 9.17) is 5.73 Å². The van der Waals surface area contributed by atoms with Gasteiger partial charge in [0.15, 0.2) is 5.13 Å². The molecule has 152 valence electrons. The summed E-state index contributed by atoms with van der Waals surface area (Å²) in [5.41, 5.74) is 10.4. The molecule has 6 nitrogen and oxygen atoms in total. The van der Waals surface area contributed by atoms with Gasteiger partial charge in [0.25, 0.3) is 0 Å². The molecule has 0 aromatic carbocycles. The van der Waals surface area contributed by atoms with E-state index in [1.807, 2.05) is 6.20 Å². The van der Waals surface area contributed by atoms with Crippen LogP contribution in [0.3, 0.4) is 0 Å². The van der Waals surface area contributed by atoms with Crippen LogP contribution in [0.2, 0.25) is 0 Å². The summed E-state index contributed by atoms with van der Waals surface area (Å²) >= 11 is 1.57. The van der Waals surface area contributed by atoms with Crippen LogP contribution in [-0.2, 0) is 17.8 Å². The lowest BCUT2D eigenvalue weighted by Gasteiger charge is -2.32. The first-order valence-electron chi connectivity index (χ1n) is 10.5. The Morgan fingerprint density at radius 2 is 2.32 bits per heavy atom. The van der Waals surface area contributed by atoms with Gasteiger partial charge >= 0.3 is 0 Å². The number of nitrogens with zero attached hydrogens (tertiary/aromatic N) is 2. The number of H-pyrrole nitrogens is 1. The first-order chi connectivity index (χ1) is 13.5. The quantitative estimate of drug-likeness (QED) is 0.662. The highest BCUT2D eigenvalue weighted by Crippen LogP contribution is 2.42. The number of carbonyl (C=O) groups excluding carboxylic acids is 1. The Balaban J connectivity index is 1.42. The van der Waals surface area contributed by atoms with Crippen molar-refractivity contribution in [1.29, 1.82) is 0 Å². The molecule has 0 radical (unpaired) electrons. The molecule has 2 aromatic rings. The van der Waals surface area contributed by atoms with Crippen molar-refractivity contribution in [2.75, 3.05) is 18.4 Å². The number of aromatic nitrogens is 2. The van der Waals surface area contributed by atoms with Crippen LogP contribution in [0.5, 0.6) is 0 Å². The van der Waals surface area contributed by atoms with E-state index >= 15 is 0 Å². The van der Waals surface area contributed by atoms with Gasteiger partial charge in [0.1, 0.15) is 0 Å². The van der Waals surface area contributed by atoms with Crippen LogP contribution in [0.15, 0.2) is 12.3 Å². The predicted octanol–water partition coefficient (Wildman–Crippen LogP) is 3.58. The number of piperidine rings is 1. The molecule has 3 atom stereocenters. The fraction of sp³-hybridized carbons (Fsp3) is 0.619. The summed E-state index contributed by atoms with van der Waals surface area (Å²) in [4.78, 5) is 23.0. The van der Waals surface area contributed by atoms with Gasteiger partial charge in [-0.2, -0.15) is 0 Å². The topological polar surface area (TPSA) is 87.0 Å². The van der Waals surface area contributed by atoms with Crippen molar-refractivity contribution >= 4 is 22.4 Å². The number of nitrogens with two attached hydrogens (primary N) is 1. The third kappa shape index (κ3) is 4.47. The molecule has 2 fully saturated rings. The normalized spacial score (nSPS) is 25.0. The second kappa shape index (κ2) is 8.35. The monoisotopic (exact) mass is 401 g/mol. The van der Waals surface area contributed by atoms with Gasteiger partial charge in [0.05, 0.1) is 0 Å². The summed E-state index contributed by atoms with van der Waals surface area (Å²) in [5.74, 6) is 1.02. The van der Waals surface area contributed by atoms with E-state index in [-0.39, 0.29) is 5.91 Å². The molecule has 3 unspecified atom stereocenters. The van der Waals surface area contributed by atoms with Gasteiger partial charge in [-0.1, -0.05) is 13.3 Å². The maximum atomic E-state index is 11.2. The number of hydrogen-bond acceptors (Lipinski definition) is 5. The average Bonchev–Trinajstić information content (AvgIpc) is 3.03. The number of aryl methyl sites for hydroxylation is 1. The first-order valence-corrected chi connectivity index (χ1v) is 11.3. The Morgan fingerprint density at radius 1 is 1.50 bits per heavy atom. The van der Waals surface area contributed by atoms with E-state index in [1.54, 1.807) is 11.3 Å². The minimum absolute atomic E-state index is 0.0697. The van der Waals surface area contributed by atoms with Crippen LogP contribution in [-0.4, -0.2) is 39.9 Å². The number of rotatable bonds is 7. The van der Waals surface area contributed by atoms with Gasteiger partial charge in [-0.3, -0.25) is 9.69 Å². The fourth-order valence-corrected chi connectivity index (χ4v) is 5.27. The van der Waals surface area contributed by atoms with Gasteiger partial charge in [-0.05, 0) is 43.9 Å². The molecule has 2 aliphatic rings. The zero-order valence-electron chi connectivity index (χ0n) is 16.8. The smallest absolute Gasteiger partial charge is 0.223 e. The van der Waals surface area contributed by atoms with Gasteiger partial charge < -0.3 is 16.0 Å². The summed E-state index contributed by atoms with van der Waals surface area (Å²) in [6, 6.07) is 2.76. The predicted molar refractivity (Wildman–Crippen MR) is 114 cm³/mol. The Morgan fingerprint density at radius 3 is 3.04 bits per heavy atom. The van der Waals surface area contributed by atoms with Crippen molar-refractivity contribution in [3.8, 4) is 0 Å². The van der Waals surface area contributed by atoms with Crippen molar-refractivity contribution in [3.63, 3.8) is 0 Å². The van der Waals surface area contributed by atoms with E-state index in [9.17, 15) is 4.79 Å². The lowest BCUT2D eigenvalue weighted by Crippen LogP contribution is -2.33. The zero-order chi connectivity index (χ0) is 19.7. The molecule has 3 heterocycles. The van der Waals surface area contributed by atoms with Crippen LogP contribution in [0.4, 0.5) is 5.13 Å². The molecule has 4 N–H and O–H groups in total. The number of anilines is 1. The van der Waals surface area contributed by atoms with E-state index < -0.39 is 0 Å². The first kappa shape index (κ1) is 19.6. The maximum absolute atomic E-state index is 11.2. The van der Waals surface area contributed by atoms with Crippen molar-refractivity contribution in [2.24, 2.45) is 5.73 Å². The fourth-order valence-electron chi connectivity index (χ4n) is 4.37. The van der Waals surface area contributed by atoms with Crippen molar-refractivity contribution < 1.29 is 4.79 Å². The SMILES string of the molecule is CCCc1cc(C2CCCN(Cc3cnc(NC(C)=O)s3)C2)[nH]c1C1CC1N. The summed E-state index contributed by atoms with van der Waals surface area (Å²) in [6.07, 6.45) is 7.76. The Hall–Kier alpha value is -1.70. The molecule has 0 spiro atoms. The lowest BCUT2D eigenvalue weighted by molar-refractivity contribution is -0.114. The number of amides is 1. The summed E-state index contributed by atoms with van der Waals surface area (Å²) < 4.78 is 0. The van der Waals surface area contributed by atoms with Gasteiger partial charge in [-0.15, -0.1) is 11.3 Å². The number of thiazole rings is 1. The third-order valence-corrected chi connectivity index (χ3v) is 6.74. The Kier molecular flexibility index (Phi) is 5.85. The molecule has 1 saturated carbocycles. The van der Waals surface area contributed by atoms with Crippen LogP contribution < -0.4 is 11.1 Å². The van der Waals surface area contributed by atoms with E-state index in [2.05, 4.69) is 33.2 Å². The number of hydrogen-bond donors (Lipinski definition) is 3. The largest absolute Gasteiger partial charge is 0.361 e. The van der Waals surface area contributed by atoms with Gasteiger partial charge in [0, 0.05) is 60.4 Å². The van der Waals surface area contributed by atoms with Crippen molar-refractivity contribution in [2.45, 2.75) is 70.4 Å². The van der Waals surface area contributed by atoms with Crippen molar-refractivity contribution in [3.05, 3.63) is 34.1 Å². The molecule has 1 aliphatic heterocycles. The highest BCUT2D eigenvalue weighted by atomic mass is 32.1. The lowest BCUT2D eigenvalue weighted by atomic mass is 9.94. The van der Waals surface area contributed by atoms with Crippen LogP contribution >= 0.6 is 11.3 Å². The Labute approximate surface area is 170 Å². The molecule has 4 rings (SSSR count). The second-order valence-electron chi connectivity index (χ2n) is 8.31. The van der Waals surface area contributed by atoms with Gasteiger partial charge in [0.2, 0.25) is 5.91 Å². The van der Waals surface area contributed by atoms with Gasteiger partial charge in [-0.25, -0.2) is 4.98 Å². The van der Waals surface area contributed by atoms with Crippen LogP contribution in [0, 0.1) is 0 Å². The standard InChI is InChI=1S/C21H31N5OS/c1-3-5-14-8-19(25-20(14)17-9-18(17)22)15-6-4-7-26(11-15)12-16-10-23-21(28-16)24-13(2)27/h8,10,15,17-18,25H,3-7,9,11-12,22H2,1-2H3,(H,23,24,27). The molecule has 0 bridgehead atoms. The van der Waals surface area contributed by atoms with E-state index in [0.717, 1.165) is 32.5 Å². The zero-order valence-corrected chi connectivity index (χ0v) is 17.6. The van der Waals surface area contributed by atoms with Crippen LogP contribution in [0.25, 0.3) is 0 Å². The third-order valence-electron chi connectivity index (χ3n) is 5.85. The minimum Gasteiger partial charge on any atom is -0.361 e. The second-order valence-corrected chi connectivity index (χ2v) is 9.42. The van der Waals surface area contributed by atoms with E-state index in [1.165, 1.54) is 48.0 Å².